The number of carboxylic acids is 1. The molecule has 1 aromatic carbocycles. The lowest BCUT2D eigenvalue weighted by atomic mass is 10.0. The highest BCUT2D eigenvalue weighted by Crippen LogP contribution is 2.27. The summed E-state index contributed by atoms with van der Waals surface area (Å²) in [5.74, 6) is -0.0788. The van der Waals surface area contributed by atoms with Crippen LogP contribution in [0, 0.1) is 27.7 Å². The van der Waals surface area contributed by atoms with Gasteiger partial charge in [-0.15, -0.1) is 0 Å². The van der Waals surface area contributed by atoms with Gasteiger partial charge in [-0.1, -0.05) is 12.1 Å². The third-order valence-corrected chi connectivity index (χ3v) is 4.21. The molecule has 26 heavy (non-hydrogen) atoms. The van der Waals surface area contributed by atoms with Crippen molar-refractivity contribution < 1.29 is 24.0 Å². The van der Waals surface area contributed by atoms with Gasteiger partial charge in [0.2, 0.25) is 0 Å². The summed E-state index contributed by atoms with van der Waals surface area (Å²) in [5.41, 5.74) is 3.58. The van der Waals surface area contributed by atoms with E-state index >= 15 is 0 Å². The van der Waals surface area contributed by atoms with Crippen LogP contribution in [0.1, 0.15) is 57.9 Å². The van der Waals surface area contributed by atoms with Crippen LogP contribution in [0.5, 0.6) is 5.75 Å². The fourth-order valence-corrected chi connectivity index (χ4v) is 3.05. The van der Waals surface area contributed by atoms with Crippen LogP contribution in [-0.4, -0.2) is 28.7 Å². The van der Waals surface area contributed by atoms with Crippen LogP contribution < -0.4 is 10.1 Å². The number of nitrogens with zero attached hydrogens (tertiary/aromatic N) is 1. The van der Waals surface area contributed by atoms with Gasteiger partial charge in [0.1, 0.15) is 11.5 Å². The number of nitrogens with one attached hydrogen (secondary N) is 1. The maximum Gasteiger partial charge on any atom is 0.341 e. The summed E-state index contributed by atoms with van der Waals surface area (Å²) >= 11 is 0. The number of carbonyl (C=O) groups is 2. The molecule has 7 heteroatoms. The minimum Gasteiger partial charge on any atom is -0.481 e. The van der Waals surface area contributed by atoms with Crippen LogP contribution >= 0.6 is 0 Å². The zero-order valence-corrected chi connectivity index (χ0v) is 15.7. The molecule has 0 aliphatic rings. The Labute approximate surface area is 152 Å². The molecule has 1 atom stereocenters. The molecule has 1 unspecified atom stereocenters. The first-order valence-electron chi connectivity index (χ1n) is 8.44. The molecule has 0 aliphatic heterocycles. The van der Waals surface area contributed by atoms with Gasteiger partial charge in [-0.3, -0.25) is 4.79 Å². The van der Waals surface area contributed by atoms with Crippen LogP contribution in [0.3, 0.4) is 0 Å². The Hall–Kier alpha value is -2.83. The number of rotatable bonds is 7. The van der Waals surface area contributed by atoms with E-state index in [1.54, 1.807) is 26.0 Å². The molecule has 0 spiro atoms. The van der Waals surface area contributed by atoms with Crippen LogP contribution in [0.2, 0.25) is 0 Å². The minimum absolute atomic E-state index is 0.197. The number of aromatic nitrogens is 1. The molecular weight excluding hydrogens is 336 g/mol. The topological polar surface area (TPSA) is 102 Å². The summed E-state index contributed by atoms with van der Waals surface area (Å²) in [4.78, 5) is 23.4. The average Bonchev–Trinajstić information content (AvgIpc) is 2.90. The smallest absolute Gasteiger partial charge is 0.341 e. The molecule has 1 heterocycles. The van der Waals surface area contributed by atoms with E-state index in [4.69, 9.17) is 14.4 Å². The Morgan fingerprint density at radius 2 is 1.85 bits per heavy atom. The van der Waals surface area contributed by atoms with Crippen LogP contribution in [0.15, 0.2) is 16.7 Å². The van der Waals surface area contributed by atoms with Gasteiger partial charge in [0.15, 0.2) is 6.61 Å². The second kappa shape index (κ2) is 8.03. The number of aryl methyl sites for hydroxylation is 4. The predicted octanol–water partition coefficient (Wildman–Crippen LogP) is 3.25. The molecule has 0 radical (unpaired) electrons. The zero-order valence-electron chi connectivity index (χ0n) is 15.7. The van der Waals surface area contributed by atoms with E-state index in [0.717, 1.165) is 11.3 Å². The number of carboxylic acid groups (broad SMARTS) is 1. The summed E-state index contributed by atoms with van der Waals surface area (Å²) in [6, 6.07) is 3.19. The molecule has 0 saturated heterocycles. The fraction of sp³-hybridized carbons (Fsp3) is 0.421. The number of hydrogen-bond acceptors (Lipinski definition) is 5. The maximum absolute atomic E-state index is 12.7. The molecule has 2 aromatic rings. The van der Waals surface area contributed by atoms with Crippen molar-refractivity contribution in [1.29, 1.82) is 0 Å². The summed E-state index contributed by atoms with van der Waals surface area (Å²) < 4.78 is 10.5. The number of carbonyl (C=O) groups excluding carboxylic acids is 1. The second-order valence-electron chi connectivity index (χ2n) is 6.29. The van der Waals surface area contributed by atoms with E-state index in [2.05, 4.69) is 10.5 Å². The maximum atomic E-state index is 12.7. The van der Waals surface area contributed by atoms with Crippen LogP contribution in [0.4, 0.5) is 0 Å². The highest BCUT2D eigenvalue weighted by Gasteiger charge is 2.22. The lowest BCUT2D eigenvalue weighted by Crippen LogP contribution is -2.29. The molecular formula is C19H24N2O5. The average molecular weight is 360 g/mol. The Morgan fingerprint density at radius 3 is 2.31 bits per heavy atom. The summed E-state index contributed by atoms with van der Waals surface area (Å²) in [7, 11) is 0. The summed E-state index contributed by atoms with van der Waals surface area (Å²) in [6.07, 6.45) is 0.701. The van der Waals surface area contributed by atoms with E-state index in [-0.39, 0.29) is 11.9 Å². The first-order valence-corrected chi connectivity index (χ1v) is 8.44. The molecule has 2 rings (SSSR count). The van der Waals surface area contributed by atoms with Crippen molar-refractivity contribution in [3.05, 3.63) is 45.8 Å². The van der Waals surface area contributed by atoms with E-state index < -0.39 is 12.6 Å². The molecule has 1 aromatic heterocycles. The van der Waals surface area contributed by atoms with Crippen molar-refractivity contribution in [2.24, 2.45) is 0 Å². The number of ether oxygens (including phenoxy) is 1. The monoisotopic (exact) mass is 360 g/mol. The van der Waals surface area contributed by atoms with Gasteiger partial charge in [-0.05, 0) is 57.4 Å². The van der Waals surface area contributed by atoms with Gasteiger partial charge >= 0.3 is 5.97 Å². The molecule has 7 nitrogen and oxygen atoms in total. The van der Waals surface area contributed by atoms with Crippen molar-refractivity contribution in [2.45, 2.75) is 47.1 Å². The number of amides is 1. The standard InChI is InChI=1S/C19H24N2O5/c1-6-15(17-12(4)21-26-13(17)5)20-19(24)14-7-10(2)18(11(3)8-14)25-9-16(22)23/h7-8,15H,6,9H2,1-5H3,(H,20,24)(H,22,23). The lowest BCUT2D eigenvalue weighted by Gasteiger charge is -2.18. The van der Waals surface area contributed by atoms with E-state index in [9.17, 15) is 9.59 Å². The van der Waals surface area contributed by atoms with Crippen molar-refractivity contribution in [2.75, 3.05) is 6.61 Å². The summed E-state index contributed by atoms with van der Waals surface area (Å²) in [6.45, 7) is 8.81. The Balaban J connectivity index is 2.22. The first kappa shape index (κ1) is 19.5. The van der Waals surface area contributed by atoms with E-state index in [0.29, 0.717) is 34.6 Å². The van der Waals surface area contributed by atoms with Crippen LogP contribution in [-0.2, 0) is 4.79 Å². The van der Waals surface area contributed by atoms with Gasteiger partial charge in [0.05, 0.1) is 11.7 Å². The zero-order chi connectivity index (χ0) is 19.4. The van der Waals surface area contributed by atoms with Gasteiger partial charge in [-0.25, -0.2) is 4.79 Å². The molecule has 0 bridgehead atoms. The van der Waals surface area contributed by atoms with E-state index in [1.807, 2.05) is 20.8 Å². The van der Waals surface area contributed by atoms with Gasteiger partial charge in [-0.2, -0.15) is 0 Å². The van der Waals surface area contributed by atoms with Gasteiger partial charge < -0.3 is 19.7 Å². The third-order valence-electron chi connectivity index (χ3n) is 4.21. The fourth-order valence-electron chi connectivity index (χ4n) is 3.05. The second-order valence-corrected chi connectivity index (χ2v) is 6.29. The van der Waals surface area contributed by atoms with E-state index in [1.165, 1.54) is 0 Å². The molecule has 0 fully saturated rings. The Bertz CT molecular complexity index is 783. The number of aliphatic carboxylic acids is 1. The predicted molar refractivity (Wildman–Crippen MR) is 95.5 cm³/mol. The van der Waals surface area contributed by atoms with Crippen molar-refractivity contribution in [3.8, 4) is 5.75 Å². The quantitative estimate of drug-likeness (QED) is 0.786. The molecule has 2 N–H and O–H groups in total. The Kier molecular flexibility index (Phi) is 6.02. The lowest BCUT2D eigenvalue weighted by molar-refractivity contribution is -0.139. The van der Waals surface area contributed by atoms with Crippen molar-refractivity contribution >= 4 is 11.9 Å². The Morgan fingerprint density at radius 1 is 1.23 bits per heavy atom. The van der Waals surface area contributed by atoms with Crippen molar-refractivity contribution in [3.63, 3.8) is 0 Å². The normalized spacial score (nSPS) is 11.9. The first-order chi connectivity index (χ1) is 12.2. The molecule has 0 aliphatic carbocycles. The summed E-state index contributed by atoms with van der Waals surface area (Å²) in [5, 5.41) is 15.7. The molecule has 140 valence electrons. The minimum atomic E-state index is -1.05. The van der Waals surface area contributed by atoms with Gasteiger partial charge in [0, 0.05) is 11.1 Å². The van der Waals surface area contributed by atoms with Crippen LogP contribution in [0.25, 0.3) is 0 Å². The molecule has 1 amide bonds. The highest BCUT2D eigenvalue weighted by atomic mass is 16.5. The number of benzene rings is 1. The SMILES string of the molecule is CCC(NC(=O)c1cc(C)c(OCC(=O)O)c(C)c1)c1c(C)noc1C. The van der Waals surface area contributed by atoms with Crippen molar-refractivity contribution in [1.82, 2.24) is 10.5 Å². The largest absolute Gasteiger partial charge is 0.481 e. The third kappa shape index (κ3) is 4.22. The number of hydrogen-bond donors (Lipinski definition) is 2. The highest BCUT2D eigenvalue weighted by molar-refractivity contribution is 5.95. The molecule has 0 saturated carbocycles. The van der Waals surface area contributed by atoms with Gasteiger partial charge in [0.25, 0.3) is 5.91 Å².